The lowest BCUT2D eigenvalue weighted by molar-refractivity contribution is 0.0389. The standard InChI is InChI=1S/C15H21N3O3/c1-19-8-5-18-11-12-4-7-21-14(15(12)17-18)10-16-9-13-3-2-6-20-13/h2-3,6,11,14,16H,4-5,7-10H2,1H3/t14-/m1/s1. The smallest absolute Gasteiger partial charge is 0.117 e. The van der Waals surface area contributed by atoms with Crippen LogP contribution in [-0.4, -0.2) is 36.6 Å². The zero-order valence-corrected chi connectivity index (χ0v) is 12.2. The molecule has 3 rings (SSSR count). The van der Waals surface area contributed by atoms with Crippen molar-refractivity contribution < 1.29 is 13.9 Å². The molecule has 0 amide bonds. The Hall–Kier alpha value is -1.63. The van der Waals surface area contributed by atoms with Gasteiger partial charge in [0, 0.05) is 19.9 Å². The molecule has 1 aliphatic heterocycles. The Balaban J connectivity index is 1.58. The van der Waals surface area contributed by atoms with E-state index < -0.39 is 0 Å². The monoisotopic (exact) mass is 291 g/mol. The number of hydrogen-bond donors (Lipinski definition) is 1. The number of hydrogen-bond acceptors (Lipinski definition) is 5. The molecule has 0 aromatic carbocycles. The van der Waals surface area contributed by atoms with E-state index in [1.54, 1.807) is 13.4 Å². The predicted molar refractivity (Wildman–Crippen MR) is 76.9 cm³/mol. The van der Waals surface area contributed by atoms with Gasteiger partial charge in [0.2, 0.25) is 0 Å². The fourth-order valence-corrected chi connectivity index (χ4v) is 2.53. The molecule has 1 N–H and O–H groups in total. The molecule has 0 radical (unpaired) electrons. The molecule has 6 heteroatoms. The van der Waals surface area contributed by atoms with Crippen molar-refractivity contribution in [3.8, 4) is 0 Å². The van der Waals surface area contributed by atoms with Gasteiger partial charge >= 0.3 is 0 Å². The summed E-state index contributed by atoms with van der Waals surface area (Å²) in [5, 5.41) is 7.99. The number of furan rings is 1. The summed E-state index contributed by atoms with van der Waals surface area (Å²) in [7, 11) is 1.70. The Morgan fingerprint density at radius 1 is 1.52 bits per heavy atom. The maximum absolute atomic E-state index is 5.84. The average Bonchev–Trinajstić information content (AvgIpc) is 3.14. The van der Waals surface area contributed by atoms with Gasteiger partial charge in [-0.1, -0.05) is 0 Å². The molecule has 0 bridgehead atoms. The topological polar surface area (TPSA) is 61.5 Å². The predicted octanol–water partition coefficient (Wildman–Crippen LogP) is 1.53. The minimum Gasteiger partial charge on any atom is -0.468 e. The normalized spacial score (nSPS) is 17.9. The van der Waals surface area contributed by atoms with Crippen molar-refractivity contribution in [1.82, 2.24) is 15.1 Å². The molecule has 114 valence electrons. The second kappa shape index (κ2) is 6.89. The Kier molecular flexibility index (Phi) is 4.69. The summed E-state index contributed by atoms with van der Waals surface area (Å²) in [6.07, 6.45) is 4.73. The second-order valence-corrected chi connectivity index (χ2v) is 5.12. The third kappa shape index (κ3) is 3.53. The highest BCUT2D eigenvalue weighted by Crippen LogP contribution is 2.25. The van der Waals surface area contributed by atoms with E-state index in [4.69, 9.17) is 13.9 Å². The summed E-state index contributed by atoms with van der Waals surface area (Å²) in [5.41, 5.74) is 2.33. The number of methoxy groups -OCH3 is 1. The van der Waals surface area contributed by atoms with Gasteiger partial charge in [0.25, 0.3) is 0 Å². The highest BCUT2D eigenvalue weighted by molar-refractivity contribution is 5.22. The molecule has 6 nitrogen and oxygen atoms in total. The molecule has 2 aromatic heterocycles. The summed E-state index contributed by atoms with van der Waals surface area (Å²) >= 11 is 0. The summed E-state index contributed by atoms with van der Waals surface area (Å²) in [5.74, 6) is 0.927. The Labute approximate surface area is 124 Å². The average molecular weight is 291 g/mol. The van der Waals surface area contributed by atoms with Gasteiger partial charge in [-0.05, 0) is 24.1 Å². The number of nitrogens with one attached hydrogen (secondary N) is 1. The first-order chi connectivity index (χ1) is 10.4. The maximum Gasteiger partial charge on any atom is 0.117 e. The third-order valence-electron chi connectivity index (χ3n) is 3.60. The van der Waals surface area contributed by atoms with Crippen molar-refractivity contribution in [3.63, 3.8) is 0 Å². The minimum atomic E-state index is 0.00695. The Morgan fingerprint density at radius 2 is 2.48 bits per heavy atom. The molecule has 21 heavy (non-hydrogen) atoms. The van der Waals surface area contributed by atoms with Crippen LogP contribution in [0.4, 0.5) is 0 Å². The molecule has 3 heterocycles. The van der Waals surface area contributed by atoms with Gasteiger partial charge in [0.05, 0.1) is 38.3 Å². The first-order valence-corrected chi connectivity index (χ1v) is 7.26. The number of fused-ring (bicyclic) bond motifs is 1. The van der Waals surface area contributed by atoms with Crippen LogP contribution in [0.1, 0.15) is 23.1 Å². The van der Waals surface area contributed by atoms with Crippen LogP contribution in [0.25, 0.3) is 0 Å². The van der Waals surface area contributed by atoms with E-state index in [-0.39, 0.29) is 6.10 Å². The van der Waals surface area contributed by atoms with Crippen LogP contribution in [0, 0.1) is 0 Å². The van der Waals surface area contributed by atoms with Gasteiger partial charge < -0.3 is 19.2 Å². The van der Waals surface area contributed by atoms with Gasteiger partial charge in [-0.15, -0.1) is 0 Å². The van der Waals surface area contributed by atoms with Gasteiger partial charge in [-0.3, -0.25) is 4.68 Å². The molecule has 0 unspecified atom stereocenters. The molecule has 1 atom stereocenters. The molecule has 0 fully saturated rings. The lowest BCUT2D eigenvalue weighted by Crippen LogP contribution is -2.27. The van der Waals surface area contributed by atoms with Crippen LogP contribution >= 0.6 is 0 Å². The van der Waals surface area contributed by atoms with E-state index in [0.29, 0.717) is 13.2 Å². The van der Waals surface area contributed by atoms with Crippen molar-refractivity contribution in [3.05, 3.63) is 41.6 Å². The van der Waals surface area contributed by atoms with E-state index in [1.807, 2.05) is 16.8 Å². The van der Waals surface area contributed by atoms with Crippen molar-refractivity contribution in [2.45, 2.75) is 25.6 Å². The van der Waals surface area contributed by atoms with E-state index in [1.165, 1.54) is 5.56 Å². The summed E-state index contributed by atoms with van der Waals surface area (Å²) in [4.78, 5) is 0. The summed E-state index contributed by atoms with van der Waals surface area (Å²) < 4.78 is 18.2. The lowest BCUT2D eigenvalue weighted by atomic mass is 10.1. The molecule has 2 aromatic rings. The SMILES string of the molecule is COCCn1cc2c(n1)[C@@H](CNCc1ccco1)OCC2. The maximum atomic E-state index is 5.84. The zero-order chi connectivity index (χ0) is 14.5. The van der Waals surface area contributed by atoms with Gasteiger partial charge in [-0.25, -0.2) is 0 Å². The zero-order valence-electron chi connectivity index (χ0n) is 12.2. The van der Waals surface area contributed by atoms with Crippen molar-refractivity contribution in [1.29, 1.82) is 0 Å². The fourth-order valence-electron chi connectivity index (χ4n) is 2.53. The number of nitrogens with zero attached hydrogens (tertiary/aromatic N) is 2. The summed E-state index contributed by atoms with van der Waals surface area (Å²) in [6, 6.07) is 3.85. The highest BCUT2D eigenvalue weighted by atomic mass is 16.5. The van der Waals surface area contributed by atoms with Crippen LogP contribution < -0.4 is 5.32 Å². The van der Waals surface area contributed by atoms with E-state index in [2.05, 4.69) is 16.6 Å². The quantitative estimate of drug-likeness (QED) is 0.838. The molecule has 0 saturated heterocycles. The van der Waals surface area contributed by atoms with E-state index in [9.17, 15) is 0 Å². The van der Waals surface area contributed by atoms with Crippen LogP contribution in [-0.2, 0) is 29.0 Å². The molecule has 0 aliphatic carbocycles. The molecule has 0 spiro atoms. The van der Waals surface area contributed by atoms with Gasteiger partial charge in [0.15, 0.2) is 0 Å². The second-order valence-electron chi connectivity index (χ2n) is 5.12. The van der Waals surface area contributed by atoms with Crippen molar-refractivity contribution >= 4 is 0 Å². The Bertz CT molecular complexity index is 551. The number of aromatic nitrogens is 2. The Morgan fingerprint density at radius 3 is 3.29 bits per heavy atom. The number of ether oxygens (including phenoxy) is 2. The first kappa shape index (κ1) is 14.3. The molecule has 0 saturated carbocycles. The molecular formula is C15H21N3O3. The van der Waals surface area contributed by atoms with E-state index in [0.717, 1.165) is 37.6 Å². The first-order valence-electron chi connectivity index (χ1n) is 7.26. The van der Waals surface area contributed by atoms with Crippen LogP contribution in [0.15, 0.2) is 29.0 Å². The van der Waals surface area contributed by atoms with Crippen molar-refractivity contribution in [2.75, 3.05) is 26.9 Å². The number of rotatable bonds is 7. The minimum absolute atomic E-state index is 0.00695. The van der Waals surface area contributed by atoms with Crippen LogP contribution in [0.3, 0.4) is 0 Å². The lowest BCUT2D eigenvalue weighted by Gasteiger charge is -2.22. The molecule has 1 aliphatic rings. The third-order valence-corrected chi connectivity index (χ3v) is 3.60. The van der Waals surface area contributed by atoms with Gasteiger partial charge in [-0.2, -0.15) is 5.10 Å². The fraction of sp³-hybridized carbons (Fsp3) is 0.533. The highest BCUT2D eigenvalue weighted by Gasteiger charge is 2.24. The van der Waals surface area contributed by atoms with Crippen LogP contribution in [0.5, 0.6) is 0 Å². The molecular weight excluding hydrogens is 270 g/mol. The van der Waals surface area contributed by atoms with E-state index >= 15 is 0 Å². The van der Waals surface area contributed by atoms with Crippen LogP contribution in [0.2, 0.25) is 0 Å². The largest absolute Gasteiger partial charge is 0.468 e. The van der Waals surface area contributed by atoms with Gasteiger partial charge in [0.1, 0.15) is 11.9 Å². The summed E-state index contributed by atoms with van der Waals surface area (Å²) in [6.45, 7) is 3.62. The van der Waals surface area contributed by atoms with Crippen molar-refractivity contribution in [2.24, 2.45) is 0 Å².